The van der Waals surface area contributed by atoms with E-state index in [1.165, 1.54) is 12.1 Å². The third kappa shape index (κ3) is 3.64. The molecule has 4 nitrogen and oxygen atoms in total. The molecule has 0 aliphatic carbocycles. The van der Waals surface area contributed by atoms with Crippen molar-refractivity contribution in [3.8, 4) is 0 Å². The van der Waals surface area contributed by atoms with Crippen LogP contribution in [-0.4, -0.2) is 18.9 Å². The van der Waals surface area contributed by atoms with Gasteiger partial charge in [-0.2, -0.15) is 8.42 Å². The second kappa shape index (κ2) is 4.29. The van der Waals surface area contributed by atoms with Gasteiger partial charge in [0.1, 0.15) is 0 Å². The fourth-order valence-corrected chi connectivity index (χ4v) is 4.94. The number of nitrogens with zero attached hydrogens (tertiary/aromatic N) is 1. The van der Waals surface area contributed by atoms with Crippen molar-refractivity contribution < 1.29 is 12.6 Å². The molecule has 0 saturated carbocycles. The van der Waals surface area contributed by atoms with Gasteiger partial charge in [0.05, 0.1) is 19.6 Å². The molecule has 0 aliphatic heterocycles. The third-order valence-corrected chi connectivity index (χ3v) is 5.45. The third-order valence-electron chi connectivity index (χ3n) is 1.48. The summed E-state index contributed by atoms with van der Waals surface area (Å²) < 4.78 is 36.4. The molecular weight excluding hydrogens is 281 g/mol. The zero-order valence-corrected chi connectivity index (χ0v) is 10.7. The second-order valence-electron chi connectivity index (χ2n) is 2.72. The summed E-state index contributed by atoms with van der Waals surface area (Å²) in [5.74, 6) is 0. The maximum Gasteiger partial charge on any atom is 0.347 e. The molecule has 1 aromatic carbocycles. The van der Waals surface area contributed by atoms with Crippen LogP contribution in [0.2, 0.25) is 5.02 Å². The molecule has 0 amide bonds. The van der Waals surface area contributed by atoms with Crippen LogP contribution in [0.25, 0.3) is 0 Å². The van der Waals surface area contributed by atoms with Crippen molar-refractivity contribution in [3.05, 3.63) is 29.3 Å². The Hall–Kier alpha value is -0.300. The van der Waals surface area contributed by atoms with Crippen molar-refractivity contribution in [2.75, 3.05) is 6.26 Å². The first-order chi connectivity index (χ1) is 6.72. The van der Waals surface area contributed by atoms with Gasteiger partial charge in [0, 0.05) is 16.9 Å². The number of halogens is 2. The average Bonchev–Trinajstić information content (AvgIpc) is 1.99. The Morgan fingerprint density at radius 1 is 1.20 bits per heavy atom. The van der Waals surface area contributed by atoms with E-state index in [1.54, 1.807) is 12.1 Å². The molecule has 84 valence electrons. The van der Waals surface area contributed by atoms with Crippen molar-refractivity contribution in [2.45, 2.75) is 4.90 Å². The van der Waals surface area contributed by atoms with E-state index in [4.69, 9.17) is 22.3 Å². The van der Waals surface area contributed by atoms with Gasteiger partial charge in [-0.15, -0.1) is 0 Å². The first kappa shape index (κ1) is 12.8. The maximum absolute atomic E-state index is 11.9. The summed E-state index contributed by atoms with van der Waals surface area (Å²) in [5, 5.41) is 0.189. The first-order valence-corrected chi connectivity index (χ1v) is 8.22. The molecule has 0 aromatic heterocycles. The van der Waals surface area contributed by atoms with Gasteiger partial charge in [0.2, 0.25) is 0 Å². The quantitative estimate of drug-likeness (QED) is 0.784. The molecule has 0 unspecified atom stereocenters. The predicted molar refractivity (Wildman–Crippen MR) is 61.0 cm³/mol. The molecule has 0 fully saturated rings. The smallest absolute Gasteiger partial charge is 0.244 e. The van der Waals surface area contributed by atoms with Crippen LogP contribution in [0.1, 0.15) is 0 Å². The predicted octanol–water partition coefficient (Wildman–Crippen LogP) is 2.28. The van der Waals surface area contributed by atoms with Gasteiger partial charge in [-0.3, -0.25) is 0 Å². The minimum absolute atomic E-state index is 0.149. The van der Waals surface area contributed by atoms with E-state index in [1.807, 2.05) is 0 Å². The molecule has 8 heteroatoms. The van der Waals surface area contributed by atoms with Crippen LogP contribution in [0.15, 0.2) is 32.9 Å². The number of rotatable bonds is 2. The summed E-state index contributed by atoms with van der Waals surface area (Å²) in [5.41, 5.74) is 0. The molecule has 15 heavy (non-hydrogen) atoms. The molecular formula is C7H7Cl2NO3S2. The largest absolute Gasteiger partial charge is 0.347 e. The van der Waals surface area contributed by atoms with Gasteiger partial charge in [0.25, 0.3) is 0 Å². The molecule has 0 heterocycles. The van der Waals surface area contributed by atoms with E-state index in [2.05, 4.69) is 3.77 Å². The van der Waals surface area contributed by atoms with Crippen molar-refractivity contribution in [1.29, 1.82) is 0 Å². The SMILES string of the molecule is C[S@@](=O)(=NS(=O)(=O)Cl)c1ccccc1Cl. The summed E-state index contributed by atoms with van der Waals surface area (Å²) >= 11 is 5.76. The minimum Gasteiger partial charge on any atom is -0.244 e. The molecule has 0 bridgehead atoms. The lowest BCUT2D eigenvalue weighted by atomic mass is 10.4. The summed E-state index contributed by atoms with van der Waals surface area (Å²) in [6, 6.07) is 6.16. The Balaban J connectivity index is 3.50. The monoisotopic (exact) mass is 287 g/mol. The molecule has 0 spiro atoms. The highest BCUT2D eigenvalue weighted by molar-refractivity contribution is 8.17. The van der Waals surface area contributed by atoms with Crippen LogP contribution >= 0.6 is 22.3 Å². The molecule has 1 aromatic rings. The van der Waals surface area contributed by atoms with Crippen LogP contribution in [0.4, 0.5) is 0 Å². The molecule has 0 saturated heterocycles. The van der Waals surface area contributed by atoms with E-state index in [0.717, 1.165) is 6.26 Å². The summed E-state index contributed by atoms with van der Waals surface area (Å²) in [4.78, 5) is 0.149. The average molecular weight is 288 g/mol. The van der Waals surface area contributed by atoms with E-state index in [-0.39, 0.29) is 9.92 Å². The summed E-state index contributed by atoms with van der Waals surface area (Å²) in [6.45, 7) is 0. The fraction of sp³-hybridized carbons (Fsp3) is 0.143. The van der Waals surface area contributed by atoms with Gasteiger partial charge in [-0.1, -0.05) is 27.5 Å². The number of benzene rings is 1. The van der Waals surface area contributed by atoms with E-state index >= 15 is 0 Å². The van der Waals surface area contributed by atoms with Crippen LogP contribution in [0.3, 0.4) is 0 Å². The summed E-state index contributed by atoms with van der Waals surface area (Å²) in [6.07, 6.45) is 1.16. The maximum atomic E-state index is 11.9. The molecule has 0 aliphatic rings. The van der Waals surface area contributed by atoms with Gasteiger partial charge >= 0.3 is 9.24 Å². The molecule has 1 atom stereocenters. The summed E-state index contributed by atoms with van der Waals surface area (Å²) in [7, 11) is -2.41. The molecule has 1 rings (SSSR count). The van der Waals surface area contributed by atoms with Crippen LogP contribution < -0.4 is 0 Å². The normalized spacial score (nSPS) is 15.7. The highest BCUT2D eigenvalue weighted by atomic mass is 35.7. The van der Waals surface area contributed by atoms with Gasteiger partial charge < -0.3 is 0 Å². The van der Waals surface area contributed by atoms with Crippen molar-refractivity contribution in [3.63, 3.8) is 0 Å². The van der Waals surface area contributed by atoms with E-state index in [0.29, 0.717) is 0 Å². The number of hydrogen-bond acceptors (Lipinski definition) is 3. The Kier molecular flexibility index (Phi) is 3.65. The highest BCUT2D eigenvalue weighted by Crippen LogP contribution is 2.23. The fourth-order valence-electron chi connectivity index (χ4n) is 0.962. The Labute approximate surface area is 97.9 Å². The van der Waals surface area contributed by atoms with Crippen LogP contribution in [0, 0.1) is 0 Å². The van der Waals surface area contributed by atoms with Crippen molar-refractivity contribution >= 4 is 41.2 Å². The van der Waals surface area contributed by atoms with Crippen LogP contribution in [-0.2, 0) is 19.0 Å². The standard InChI is InChI=1S/C7H7Cl2NO3S2/c1-14(11,10-15(9,12)13)7-5-3-2-4-6(7)8/h2-5H,1H3/t14-/m0/s1. The van der Waals surface area contributed by atoms with Crippen LogP contribution in [0.5, 0.6) is 0 Å². The molecule has 0 N–H and O–H groups in total. The van der Waals surface area contributed by atoms with Gasteiger partial charge in [-0.25, -0.2) is 4.21 Å². The van der Waals surface area contributed by atoms with Crippen molar-refractivity contribution in [1.82, 2.24) is 0 Å². The second-order valence-corrected chi connectivity index (χ2v) is 7.76. The Bertz CT molecular complexity index is 588. The minimum atomic E-state index is -4.18. The van der Waals surface area contributed by atoms with E-state index in [9.17, 15) is 12.6 Å². The molecule has 0 radical (unpaired) electrons. The Morgan fingerprint density at radius 3 is 2.20 bits per heavy atom. The van der Waals surface area contributed by atoms with Gasteiger partial charge in [0.15, 0.2) is 0 Å². The topological polar surface area (TPSA) is 63.6 Å². The highest BCUT2D eigenvalue weighted by Gasteiger charge is 2.14. The Morgan fingerprint density at radius 2 is 1.73 bits per heavy atom. The zero-order valence-electron chi connectivity index (χ0n) is 7.55. The van der Waals surface area contributed by atoms with Gasteiger partial charge in [-0.05, 0) is 12.1 Å². The van der Waals surface area contributed by atoms with Crippen molar-refractivity contribution in [2.24, 2.45) is 3.77 Å². The number of hydrogen-bond donors (Lipinski definition) is 0. The first-order valence-electron chi connectivity index (χ1n) is 3.65. The van der Waals surface area contributed by atoms with E-state index < -0.39 is 19.0 Å². The lowest BCUT2D eigenvalue weighted by Gasteiger charge is -2.04. The lowest BCUT2D eigenvalue weighted by Crippen LogP contribution is -2.00. The lowest BCUT2D eigenvalue weighted by molar-refractivity contribution is 0.611. The zero-order chi connectivity index (χ0) is 11.7.